The molecule has 3 aromatic carbocycles. The lowest BCUT2D eigenvalue weighted by Gasteiger charge is -2.26. The molecule has 6 nitrogen and oxygen atoms in total. The summed E-state index contributed by atoms with van der Waals surface area (Å²) >= 11 is 15.6. The average Bonchev–Trinajstić information content (AvgIpc) is 2.77. The number of nitrogens with zero attached hydrogens (tertiary/aromatic N) is 1. The van der Waals surface area contributed by atoms with E-state index in [0.29, 0.717) is 25.8 Å². The minimum atomic E-state index is -0.839. The summed E-state index contributed by atoms with van der Waals surface area (Å²) in [4.78, 5) is 38.5. The zero-order chi connectivity index (χ0) is 23.5. The first-order chi connectivity index (χ1) is 15.8. The first kappa shape index (κ1) is 23.0. The molecule has 0 saturated carbocycles. The molecule has 4 rings (SSSR count). The second-order valence-corrected chi connectivity index (χ2v) is 8.71. The summed E-state index contributed by atoms with van der Waals surface area (Å²) < 4.78 is 6.45. The van der Waals surface area contributed by atoms with Gasteiger partial charge in [0.15, 0.2) is 0 Å². The molecule has 3 aromatic rings. The van der Waals surface area contributed by atoms with Crippen LogP contribution >= 0.6 is 39.1 Å². The van der Waals surface area contributed by atoms with E-state index in [1.807, 2.05) is 18.2 Å². The predicted octanol–water partition coefficient (Wildman–Crippen LogP) is 6.00. The summed E-state index contributed by atoms with van der Waals surface area (Å²) in [5.41, 5.74) is 1.47. The summed E-state index contributed by atoms with van der Waals surface area (Å²) in [6, 6.07) is 17.9. The molecular weight excluding hydrogens is 531 g/mol. The third kappa shape index (κ3) is 5.11. The topological polar surface area (TPSA) is 75.7 Å². The number of carbonyl (C=O) groups is 3. The zero-order valence-electron chi connectivity index (χ0n) is 16.8. The number of amides is 4. The Morgan fingerprint density at radius 1 is 0.970 bits per heavy atom. The molecule has 9 heteroatoms. The molecule has 1 N–H and O–H groups in total. The Labute approximate surface area is 207 Å². The largest absolute Gasteiger partial charge is 0.488 e. The van der Waals surface area contributed by atoms with Crippen LogP contribution in [-0.4, -0.2) is 17.8 Å². The van der Waals surface area contributed by atoms with Crippen molar-refractivity contribution in [2.75, 3.05) is 4.90 Å². The molecule has 1 aliphatic rings. The highest BCUT2D eigenvalue weighted by Gasteiger charge is 2.36. The number of halogens is 3. The third-order valence-electron chi connectivity index (χ3n) is 4.78. The molecule has 1 fully saturated rings. The zero-order valence-corrected chi connectivity index (χ0v) is 19.9. The molecule has 0 spiro atoms. The van der Waals surface area contributed by atoms with Crippen molar-refractivity contribution in [3.05, 3.63) is 97.9 Å². The van der Waals surface area contributed by atoms with E-state index in [9.17, 15) is 14.4 Å². The van der Waals surface area contributed by atoms with Gasteiger partial charge < -0.3 is 4.74 Å². The van der Waals surface area contributed by atoms with Crippen molar-refractivity contribution in [2.45, 2.75) is 6.61 Å². The van der Waals surface area contributed by atoms with Crippen LogP contribution in [-0.2, 0) is 16.2 Å². The van der Waals surface area contributed by atoms with Gasteiger partial charge in [-0.15, -0.1) is 0 Å². The third-order valence-corrected chi connectivity index (χ3v) is 6.00. The van der Waals surface area contributed by atoms with E-state index in [1.165, 1.54) is 12.1 Å². The number of anilines is 1. The molecule has 0 aromatic heterocycles. The Balaban J connectivity index is 1.57. The Bertz CT molecular complexity index is 1310. The summed E-state index contributed by atoms with van der Waals surface area (Å²) in [5.74, 6) is -0.966. The van der Waals surface area contributed by atoms with E-state index >= 15 is 0 Å². The number of carbonyl (C=O) groups excluding carboxylic acids is 3. The van der Waals surface area contributed by atoms with Crippen LogP contribution in [0.3, 0.4) is 0 Å². The molecule has 0 bridgehead atoms. The second kappa shape index (κ2) is 9.79. The fraction of sp³-hybridized carbons (Fsp3) is 0.0417. The first-order valence-corrected chi connectivity index (χ1v) is 11.2. The predicted molar refractivity (Wildman–Crippen MR) is 130 cm³/mol. The van der Waals surface area contributed by atoms with E-state index in [-0.39, 0.29) is 17.9 Å². The van der Waals surface area contributed by atoms with E-state index < -0.39 is 17.8 Å². The monoisotopic (exact) mass is 544 g/mol. The van der Waals surface area contributed by atoms with Gasteiger partial charge in [0.05, 0.1) is 10.2 Å². The van der Waals surface area contributed by atoms with Crippen molar-refractivity contribution in [1.82, 2.24) is 5.32 Å². The van der Waals surface area contributed by atoms with E-state index in [2.05, 4.69) is 21.2 Å². The van der Waals surface area contributed by atoms with Crippen molar-refractivity contribution in [3.63, 3.8) is 0 Å². The van der Waals surface area contributed by atoms with Crippen molar-refractivity contribution in [1.29, 1.82) is 0 Å². The van der Waals surface area contributed by atoms with Crippen LogP contribution in [0.15, 0.2) is 76.8 Å². The first-order valence-electron chi connectivity index (χ1n) is 9.66. The maximum absolute atomic E-state index is 13.0. The van der Waals surface area contributed by atoms with Crippen molar-refractivity contribution < 1.29 is 19.1 Å². The lowest BCUT2D eigenvalue weighted by molar-refractivity contribution is -0.122. The van der Waals surface area contributed by atoms with Crippen molar-refractivity contribution >= 4 is 68.7 Å². The van der Waals surface area contributed by atoms with Gasteiger partial charge in [-0.05, 0) is 64.0 Å². The van der Waals surface area contributed by atoms with Crippen LogP contribution in [0.1, 0.15) is 11.1 Å². The van der Waals surface area contributed by atoms with Crippen LogP contribution in [0.25, 0.3) is 6.08 Å². The average molecular weight is 546 g/mol. The molecule has 1 heterocycles. The smallest absolute Gasteiger partial charge is 0.335 e. The molecule has 0 atom stereocenters. The summed E-state index contributed by atoms with van der Waals surface area (Å²) in [6.07, 6.45) is 1.41. The van der Waals surface area contributed by atoms with Gasteiger partial charge in [-0.2, -0.15) is 0 Å². The number of benzene rings is 3. The molecule has 0 aliphatic carbocycles. The van der Waals surface area contributed by atoms with Crippen LogP contribution in [0, 0.1) is 0 Å². The number of ether oxygens (including phenoxy) is 1. The highest BCUT2D eigenvalue weighted by molar-refractivity contribution is 9.10. The number of imide groups is 2. The number of urea groups is 1. The molecule has 0 radical (unpaired) electrons. The Kier molecular flexibility index (Phi) is 6.83. The second-order valence-electron chi connectivity index (χ2n) is 7.01. The molecular formula is C24H15BrCl2N2O4. The normalized spacial score (nSPS) is 15.1. The van der Waals surface area contributed by atoms with Crippen LogP contribution in [0.5, 0.6) is 5.75 Å². The Morgan fingerprint density at radius 2 is 1.76 bits per heavy atom. The number of hydrogen-bond donors (Lipinski definition) is 1. The summed E-state index contributed by atoms with van der Waals surface area (Å²) in [5, 5.41) is 3.15. The minimum Gasteiger partial charge on any atom is -0.488 e. The fourth-order valence-corrected chi connectivity index (χ4v) is 4.05. The Hall–Kier alpha value is -3.13. The van der Waals surface area contributed by atoms with Crippen molar-refractivity contribution in [2.24, 2.45) is 0 Å². The van der Waals surface area contributed by atoms with Gasteiger partial charge >= 0.3 is 6.03 Å². The van der Waals surface area contributed by atoms with Crippen molar-refractivity contribution in [3.8, 4) is 5.75 Å². The number of rotatable bonds is 5. The Morgan fingerprint density at radius 3 is 2.48 bits per heavy atom. The SMILES string of the molecule is O=C1NC(=O)N(c2cccc(Cl)c2)C(=O)/C1=C/c1ccc(OCc2ccccc2Cl)c(Br)c1. The summed E-state index contributed by atoms with van der Waals surface area (Å²) in [6.45, 7) is 0.274. The van der Waals surface area contributed by atoms with Gasteiger partial charge in [0.25, 0.3) is 11.8 Å². The van der Waals surface area contributed by atoms with Gasteiger partial charge in [0.2, 0.25) is 0 Å². The van der Waals surface area contributed by atoms with Gasteiger partial charge in [-0.3, -0.25) is 14.9 Å². The van der Waals surface area contributed by atoms with E-state index in [1.54, 1.807) is 42.5 Å². The maximum atomic E-state index is 13.0. The summed E-state index contributed by atoms with van der Waals surface area (Å²) in [7, 11) is 0. The quantitative estimate of drug-likeness (QED) is 0.315. The van der Waals surface area contributed by atoms with Gasteiger partial charge in [-0.1, -0.05) is 53.5 Å². The fourth-order valence-electron chi connectivity index (χ4n) is 3.17. The molecule has 1 aliphatic heterocycles. The van der Waals surface area contributed by atoms with E-state index in [4.69, 9.17) is 27.9 Å². The highest BCUT2D eigenvalue weighted by atomic mass is 79.9. The van der Waals surface area contributed by atoms with Crippen LogP contribution in [0.2, 0.25) is 10.0 Å². The molecule has 4 amide bonds. The number of barbiturate groups is 1. The van der Waals surface area contributed by atoms with E-state index in [0.717, 1.165) is 10.5 Å². The van der Waals surface area contributed by atoms with Gasteiger partial charge in [0, 0.05) is 15.6 Å². The molecule has 166 valence electrons. The highest BCUT2D eigenvalue weighted by Crippen LogP contribution is 2.30. The standard InChI is InChI=1S/C24H15BrCl2N2O4/c25-19-11-14(8-9-21(19)33-13-15-4-1-2-7-20(15)27)10-18-22(30)28-24(32)29(23(18)31)17-6-3-5-16(26)12-17/h1-12H,13H2,(H,28,30,32)/b18-10+. The molecule has 0 unspecified atom stereocenters. The number of hydrogen-bond acceptors (Lipinski definition) is 4. The lowest BCUT2D eigenvalue weighted by Crippen LogP contribution is -2.54. The lowest BCUT2D eigenvalue weighted by atomic mass is 10.1. The number of nitrogens with one attached hydrogen (secondary N) is 1. The maximum Gasteiger partial charge on any atom is 0.335 e. The van der Waals surface area contributed by atoms with Gasteiger partial charge in [-0.25, -0.2) is 9.69 Å². The van der Waals surface area contributed by atoms with Crippen LogP contribution in [0.4, 0.5) is 10.5 Å². The van der Waals surface area contributed by atoms with Gasteiger partial charge in [0.1, 0.15) is 17.9 Å². The molecule has 1 saturated heterocycles. The minimum absolute atomic E-state index is 0.189. The molecule has 33 heavy (non-hydrogen) atoms. The van der Waals surface area contributed by atoms with Crippen LogP contribution < -0.4 is 15.0 Å².